The minimum atomic E-state index is -0.108. The summed E-state index contributed by atoms with van der Waals surface area (Å²) in [6.45, 7) is 6.56. The number of carbonyl (C=O) groups excluding carboxylic acids is 1. The summed E-state index contributed by atoms with van der Waals surface area (Å²) in [4.78, 5) is 20.8. The highest BCUT2D eigenvalue weighted by molar-refractivity contribution is 6.34. The van der Waals surface area contributed by atoms with Crippen LogP contribution in [-0.2, 0) is 13.0 Å². The number of benzene rings is 2. The molecule has 2 aliphatic heterocycles. The molecule has 33 heavy (non-hydrogen) atoms. The number of aromatic nitrogens is 1. The van der Waals surface area contributed by atoms with Crippen LogP contribution in [0.25, 0.3) is 22.2 Å². The number of rotatable bonds is 7. The number of nitrogens with zero attached hydrogens (tertiary/aromatic N) is 2. The van der Waals surface area contributed by atoms with Crippen molar-refractivity contribution >= 4 is 28.4 Å². The third-order valence-corrected chi connectivity index (χ3v) is 7.19. The molecule has 0 atom stereocenters. The van der Waals surface area contributed by atoms with Crippen molar-refractivity contribution in [1.29, 1.82) is 0 Å². The van der Waals surface area contributed by atoms with Gasteiger partial charge in [-0.1, -0.05) is 17.7 Å². The van der Waals surface area contributed by atoms with Crippen LogP contribution in [-0.4, -0.2) is 78.8 Å². The minimum Gasteiger partial charge on any atom is -0.495 e. The number of hydrogen-bond donors (Lipinski definition) is 3. The van der Waals surface area contributed by atoms with Crippen molar-refractivity contribution in [2.45, 2.75) is 13.0 Å². The molecule has 174 valence electrons. The quantitative estimate of drug-likeness (QED) is 0.497. The molecular formula is C25H29ClN4O3. The van der Waals surface area contributed by atoms with Crippen molar-refractivity contribution in [3.05, 3.63) is 52.0 Å². The molecule has 0 radical (unpaired) electrons. The van der Waals surface area contributed by atoms with Crippen molar-refractivity contribution in [3.8, 4) is 17.0 Å². The number of aromatic amines is 1. The van der Waals surface area contributed by atoms with Crippen molar-refractivity contribution in [2.75, 3.05) is 53.0 Å². The van der Waals surface area contributed by atoms with Gasteiger partial charge in [0.05, 0.1) is 24.3 Å². The van der Waals surface area contributed by atoms with Crippen LogP contribution in [0, 0.1) is 0 Å². The standard InChI is InChI=1S/C25H29ClN4O3/c1-33-22-14-18(23-19(24(22)26)15-27-25(23)32)21-13-17-12-16(2-3-20(17)28-21)4-5-29-6-8-30(9-7-29)10-11-31/h2-3,12-14,28,31H,4-11,15H2,1H3,(H,27,32). The molecule has 3 aromatic rings. The van der Waals surface area contributed by atoms with E-state index in [-0.39, 0.29) is 12.5 Å². The monoisotopic (exact) mass is 468 g/mol. The van der Waals surface area contributed by atoms with Gasteiger partial charge in [-0.15, -0.1) is 0 Å². The Bertz CT molecular complexity index is 1180. The molecule has 3 heterocycles. The Morgan fingerprint density at radius 1 is 1.09 bits per heavy atom. The predicted octanol–water partition coefficient (Wildman–Crippen LogP) is 2.89. The van der Waals surface area contributed by atoms with Gasteiger partial charge in [-0.25, -0.2) is 0 Å². The summed E-state index contributed by atoms with van der Waals surface area (Å²) in [5.41, 5.74) is 5.42. The molecule has 8 heteroatoms. The molecule has 2 aliphatic rings. The molecule has 0 saturated carbocycles. The lowest BCUT2D eigenvalue weighted by atomic mass is 9.99. The van der Waals surface area contributed by atoms with Crippen molar-refractivity contribution in [2.24, 2.45) is 0 Å². The lowest BCUT2D eigenvalue weighted by Gasteiger charge is -2.34. The smallest absolute Gasteiger partial charge is 0.252 e. The number of amides is 1. The largest absolute Gasteiger partial charge is 0.495 e. The Kier molecular flexibility index (Phi) is 6.29. The van der Waals surface area contributed by atoms with E-state index in [1.165, 1.54) is 5.56 Å². The van der Waals surface area contributed by atoms with E-state index in [4.69, 9.17) is 21.4 Å². The van der Waals surface area contributed by atoms with Crippen LogP contribution in [0.15, 0.2) is 30.3 Å². The maximum absolute atomic E-state index is 12.5. The van der Waals surface area contributed by atoms with Gasteiger partial charge in [0.15, 0.2) is 0 Å². The van der Waals surface area contributed by atoms with Crippen molar-refractivity contribution < 1.29 is 14.6 Å². The molecule has 0 aliphatic carbocycles. The Balaban J connectivity index is 1.36. The van der Waals surface area contributed by atoms with Crippen LogP contribution in [0.1, 0.15) is 21.5 Å². The number of H-pyrrole nitrogens is 1. The van der Waals surface area contributed by atoms with Crippen molar-refractivity contribution in [3.63, 3.8) is 0 Å². The zero-order valence-corrected chi connectivity index (χ0v) is 19.5. The van der Waals surface area contributed by atoms with E-state index in [2.05, 4.69) is 44.4 Å². The number of methoxy groups -OCH3 is 1. The third-order valence-electron chi connectivity index (χ3n) is 6.77. The highest BCUT2D eigenvalue weighted by Gasteiger charge is 2.28. The number of carbonyl (C=O) groups is 1. The molecule has 2 aromatic carbocycles. The summed E-state index contributed by atoms with van der Waals surface area (Å²) in [5.74, 6) is 0.461. The summed E-state index contributed by atoms with van der Waals surface area (Å²) < 4.78 is 5.47. The first-order chi connectivity index (χ1) is 16.1. The molecule has 5 rings (SSSR count). The van der Waals surface area contributed by atoms with E-state index in [0.717, 1.165) is 73.4 Å². The zero-order chi connectivity index (χ0) is 22.9. The van der Waals surface area contributed by atoms with Crippen LogP contribution in [0.2, 0.25) is 5.02 Å². The molecule has 1 amide bonds. The fourth-order valence-corrected chi connectivity index (χ4v) is 5.17. The van der Waals surface area contributed by atoms with Gasteiger partial charge in [0.2, 0.25) is 0 Å². The maximum atomic E-state index is 12.5. The van der Waals surface area contributed by atoms with Crippen LogP contribution >= 0.6 is 11.6 Å². The second kappa shape index (κ2) is 9.35. The second-order valence-electron chi connectivity index (χ2n) is 8.74. The van der Waals surface area contributed by atoms with Crippen molar-refractivity contribution in [1.82, 2.24) is 20.1 Å². The van der Waals surface area contributed by atoms with Gasteiger partial charge in [0.1, 0.15) is 5.75 Å². The molecular weight excluding hydrogens is 440 g/mol. The van der Waals surface area contributed by atoms with Crippen LogP contribution in [0.4, 0.5) is 0 Å². The van der Waals surface area contributed by atoms with Crippen LogP contribution in [0.3, 0.4) is 0 Å². The Morgan fingerprint density at radius 2 is 1.85 bits per heavy atom. The number of aliphatic hydroxyl groups excluding tert-OH is 1. The molecule has 0 spiro atoms. The average molecular weight is 469 g/mol. The maximum Gasteiger partial charge on any atom is 0.252 e. The number of β-amino-alcohol motifs (C(OH)–C–C–N with tert-alkyl or cyclic N) is 1. The first-order valence-corrected chi connectivity index (χ1v) is 11.8. The Hall–Kier alpha value is -2.58. The van der Waals surface area contributed by atoms with Gasteiger partial charge in [-0.05, 0) is 36.2 Å². The molecule has 1 fully saturated rings. The van der Waals surface area contributed by atoms with Gasteiger partial charge in [-0.2, -0.15) is 0 Å². The highest BCUT2D eigenvalue weighted by Crippen LogP contribution is 2.40. The SMILES string of the molecule is COc1cc(-c2cc3cc(CCN4CCN(CCO)CC4)ccc3[nH]2)c2c(c1Cl)CNC2=O. The zero-order valence-electron chi connectivity index (χ0n) is 18.8. The lowest BCUT2D eigenvalue weighted by molar-refractivity contribution is 0.0966. The van der Waals surface area contributed by atoms with Gasteiger partial charge in [0.25, 0.3) is 5.91 Å². The number of hydrogen-bond acceptors (Lipinski definition) is 5. The van der Waals surface area contributed by atoms with Gasteiger partial charge >= 0.3 is 0 Å². The first-order valence-electron chi connectivity index (χ1n) is 11.4. The highest BCUT2D eigenvalue weighted by atomic mass is 35.5. The summed E-state index contributed by atoms with van der Waals surface area (Å²) >= 11 is 6.46. The minimum absolute atomic E-state index is 0.108. The van der Waals surface area contributed by atoms with E-state index in [1.54, 1.807) is 7.11 Å². The molecule has 0 unspecified atom stereocenters. The summed E-state index contributed by atoms with van der Waals surface area (Å²) in [6, 6.07) is 10.4. The number of nitrogens with one attached hydrogen (secondary N) is 2. The van der Waals surface area contributed by atoms with E-state index < -0.39 is 0 Å². The molecule has 1 aromatic heterocycles. The molecule has 1 saturated heterocycles. The number of halogens is 1. The molecule has 7 nitrogen and oxygen atoms in total. The fourth-order valence-electron chi connectivity index (χ4n) is 4.88. The van der Waals surface area contributed by atoms with E-state index in [9.17, 15) is 4.79 Å². The Labute approximate surface area is 198 Å². The third kappa shape index (κ3) is 4.34. The lowest BCUT2D eigenvalue weighted by Crippen LogP contribution is -2.47. The number of aliphatic hydroxyl groups is 1. The molecule has 0 bridgehead atoms. The topological polar surface area (TPSA) is 80.8 Å². The molecule has 3 N–H and O–H groups in total. The first kappa shape index (κ1) is 22.2. The number of fused-ring (bicyclic) bond motifs is 2. The summed E-state index contributed by atoms with van der Waals surface area (Å²) in [7, 11) is 1.59. The summed E-state index contributed by atoms with van der Waals surface area (Å²) in [5, 5.41) is 13.6. The van der Waals surface area contributed by atoms with E-state index >= 15 is 0 Å². The second-order valence-corrected chi connectivity index (χ2v) is 9.12. The normalized spacial score (nSPS) is 16.9. The predicted molar refractivity (Wildman–Crippen MR) is 130 cm³/mol. The number of piperazine rings is 1. The number of ether oxygens (including phenoxy) is 1. The van der Waals surface area contributed by atoms with E-state index in [0.29, 0.717) is 22.9 Å². The van der Waals surface area contributed by atoms with Gasteiger partial charge < -0.3 is 25.0 Å². The van der Waals surface area contributed by atoms with Gasteiger partial charge in [0, 0.05) is 73.5 Å². The van der Waals surface area contributed by atoms with Crippen LogP contribution in [0.5, 0.6) is 5.75 Å². The summed E-state index contributed by atoms with van der Waals surface area (Å²) in [6.07, 6.45) is 0.989. The van der Waals surface area contributed by atoms with Crippen LogP contribution < -0.4 is 10.1 Å². The van der Waals surface area contributed by atoms with E-state index in [1.807, 2.05) is 6.07 Å². The Morgan fingerprint density at radius 3 is 2.58 bits per heavy atom. The average Bonchev–Trinajstić information content (AvgIpc) is 3.43. The van der Waals surface area contributed by atoms with Gasteiger partial charge in [-0.3, -0.25) is 9.69 Å². The fraction of sp³-hybridized carbons (Fsp3) is 0.400.